The zero-order valence-corrected chi connectivity index (χ0v) is 12.0. The van der Waals surface area contributed by atoms with Gasteiger partial charge in [0.2, 0.25) is 10.0 Å². The molecule has 2 aromatic rings. The summed E-state index contributed by atoms with van der Waals surface area (Å²) >= 11 is 0. The standard InChI is InChI=1S/C15H14N2O3S/c16-9-12-5-1-2-7-14(12)11-21(19,20)17-10-13-6-3-4-8-15(13)18/h1-8,17-18H,10-11H2. The third-order valence-electron chi connectivity index (χ3n) is 2.96. The zero-order chi connectivity index (χ0) is 15.3. The van der Waals surface area contributed by atoms with Crippen LogP contribution in [0.3, 0.4) is 0 Å². The minimum absolute atomic E-state index is 0.00370. The lowest BCUT2D eigenvalue weighted by atomic mass is 10.1. The average molecular weight is 302 g/mol. The lowest BCUT2D eigenvalue weighted by Crippen LogP contribution is -2.25. The van der Waals surface area contributed by atoms with Crippen molar-refractivity contribution in [3.8, 4) is 11.8 Å². The fourth-order valence-corrected chi connectivity index (χ4v) is 3.00. The van der Waals surface area contributed by atoms with Gasteiger partial charge in [0.05, 0.1) is 17.4 Å². The zero-order valence-electron chi connectivity index (χ0n) is 11.2. The Morgan fingerprint density at radius 3 is 2.33 bits per heavy atom. The number of hydrogen-bond acceptors (Lipinski definition) is 4. The Morgan fingerprint density at radius 1 is 1.05 bits per heavy atom. The van der Waals surface area contributed by atoms with Crippen molar-refractivity contribution < 1.29 is 13.5 Å². The fraction of sp³-hybridized carbons (Fsp3) is 0.133. The lowest BCUT2D eigenvalue weighted by molar-refractivity contribution is 0.467. The van der Waals surface area contributed by atoms with Crippen molar-refractivity contribution in [3.05, 3.63) is 65.2 Å². The van der Waals surface area contributed by atoms with E-state index in [0.29, 0.717) is 16.7 Å². The second kappa shape index (κ2) is 6.39. The van der Waals surface area contributed by atoms with Gasteiger partial charge < -0.3 is 5.11 Å². The van der Waals surface area contributed by atoms with Crippen LogP contribution < -0.4 is 4.72 Å². The summed E-state index contributed by atoms with van der Waals surface area (Å²) in [6.07, 6.45) is 0. The number of rotatable bonds is 5. The number of nitriles is 1. The van der Waals surface area contributed by atoms with Crippen LogP contribution in [-0.2, 0) is 22.3 Å². The summed E-state index contributed by atoms with van der Waals surface area (Å²) in [6, 6.07) is 15.0. The Labute approximate surface area is 123 Å². The molecule has 21 heavy (non-hydrogen) atoms. The molecule has 0 fully saturated rings. The first kappa shape index (κ1) is 15.0. The van der Waals surface area contributed by atoms with Crippen molar-refractivity contribution in [1.82, 2.24) is 4.72 Å². The van der Waals surface area contributed by atoms with Gasteiger partial charge in [0.15, 0.2) is 0 Å². The second-order valence-corrected chi connectivity index (χ2v) is 6.28. The molecule has 2 rings (SSSR count). The predicted octanol–water partition coefficient (Wildman–Crippen LogP) is 1.88. The number of para-hydroxylation sites is 1. The Balaban J connectivity index is 2.10. The molecule has 108 valence electrons. The van der Waals surface area contributed by atoms with Gasteiger partial charge in [-0.25, -0.2) is 13.1 Å². The molecule has 0 aliphatic rings. The van der Waals surface area contributed by atoms with Crippen molar-refractivity contribution >= 4 is 10.0 Å². The number of sulfonamides is 1. The Bertz CT molecular complexity index is 780. The first-order valence-corrected chi connectivity index (χ1v) is 7.89. The van der Waals surface area contributed by atoms with E-state index in [1.165, 1.54) is 6.07 Å². The maximum atomic E-state index is 12.1. The van der Waals surface area contributed by atoms with Gasteiger partial charge >= 0.3 is 0 Å². The van der Waals surface area contributed by atoms with E-state index in [1.54, 1.807) is 42.5 Å². The molecule has 0 heterocycles. The van der Waals surface area contributed by atoms with Crippen LogP contribution >= 0.6 is 0 Å². The molecule has 0 amide bonds. The molecule has 0 radical (unpaired) electrons. The van der Waals surface area contributed by atoms with Crippen molar-refractivity contribution in [1.29, 1.82) is 5.26 Å². The molecule has 0 aromatic heterocycles. The Morgan fingerprint density at radius 2 is 1.67 bits per heavy atom. The highest BCUT2D eigenvalue weighted by Crippen LogP contribution is 2.16. The summed E-state index contributed by atoms with van der Waals surface area (Å²) < 4.78 is 26.5. The number of phenols is 1. The van der Waals surface area contributed by atoms with Gasteiger partial charge in [-0.05, 0) is 17.7 Å². The molecule has 0 unspecified atom stereocenters. The van der Waals surface area contributed by atoms with Gasteiger partial charge in [-0.2, -0.15) is 5.26 Å². The molecule has 6 heteroatoms. The molecule has 2 N–H and O–H groups in total. The Hall–Kier alpha value is -2.36. The molecule has 0 saturated heterocycles. The van der Waals surface area contributed by atoms with Crippen molar-refractivity contribution in [2.24, 2.45) is 0 Å². The van der Waals surface area contributed by atoms with Crippen LogP contribution in [0.25, 0.3) is 0 Å². The minimum Gasteiger partial charge on any atom is -0.508 e. The van der Waals surface area contributed by atoms with Gasteiger partial charge in [-0.1, -0.05) is 36.4 Å². The molecule has 0 aliphatic heterocycles. The van der Waals surface area contributed by atoms with Gasteiger partial charge in [0.25, 0.3) is 0 Å². The molecule has 0 atom stereocenters. The van der Waals surface area contributed by atoms with Crippen molar-refractivity contribution in [2.75, 3.05) is 0 Å². The highest BCUT2D eigenvalue weighted by Gasteiger charge is 2.14. The Kier molecular flexibility index (Phi) is 4.58. The molecule has 0 spiro atoms. The van der Waals surface area contributed by atoms with Gasteiger partial charge in [-0.3, -0.25) is 0 Å². The number of hydrogen-bond donors (Lipinski definition) is 2. The number of aromatic hydroxyl groups is 1. The van der Waals surface area contributed by atoms with E-state index < -0.39 is 10.0 Å². The van der Waals surface area contributed by atoms with E-state index in [-0.39, 0.29) is 18.0 Å². The predicted molar refractivity (Wildman–Crippen MR) is 78.7 cm³/mol. The van der Waals surface area contributed by atoms with E-state index in [2.05, 4.69) is 4.72 Å². The molecule has 5 nitrogen and oxygen atoms in total. The largest absolute Gasteiger partial charge is 0.508 e. The first-order chi connectivity index (χ1) is 10.0. The molecular weight excluding hydrogens is 288 g/mol. The quantitative estimate of drug-likeness (QED) is 0.882. The normalized spacial score (nSPS) is 11.0. The molecular formula is C15H14N2O3S. The van der Waals surface area contributed by atoms with Crippen LogP contribution in [0.2, 0.25) is 0 Å². The van der Waals surface area contributed by atoms with Crippen molar-refractivity contribution in [2.45, 2.75) is 12.3 Å². The topological polar surface area (TPSA) is 90.2 Å². The van der Waals surface area contributed by atoms with Crippen LogP contribution in [0.4, 0.5) is 0 Å². The number of nitrogens with one attached hydrogen (secondary N) is 1. The number of phenolic OH excluding ortho intramolecular Hbond substituents is 1. The third-order valence-corrected chi connectivity index (χ3v) is 4.23. The summed E-state index contributed by atoms with van der Waals surface area (Å²) in [7, 11) is -3.59. The van der Waals surface area contributed by atoms with E-state index in [4.69, 9.17) is 5.26 Å². The molecule has 0 saturated carbocycles. The first-order valence-electron chi connectivity index (χ1n) is 6.24. The SMILES string of the molecule is N#Cc1ccccc1CS(=O)(=O)NCc1ccccc1O. The van der Waals surface area contributed by atoms with Crippen molar-refractivity contribution in [3.63, 3.8) is 0 Å². The summed E-state index contributed by atoms with van der Waals surface area (Å²) in [5.74, 6) is -0.234. The van der Waals surface area contributed by atoms with E-state index in [9.17, 15) is 13.5 Å². The van der Waals surface area contributed by atoms with Crippen LogP contribution in [0.15, 0.2) is 48.5 Å². The molecule has 2 aromatic carbocycles. The average Bonchev–Trinajstić information content (AvgIpc) is 2.47. The van der Waals surface area contributed by atoms with Gasteiger partial charge in [0.1, 0.15) is 5.75 Å². The maximum Gasteiger partial charge on any atom is 0.216 e. The summed E-state index contributed by atoms with van der Waals surface area (Å²) in [6.45, 7) is 0.00370. The van der Waals surface area contributed by atoms with Gasteiger partial charge in [-0.15, -0.1) is 0 Å². The number of nitrogens with zero attached hydrogens (tertiary/aromatic N) is 1. The van der Waals surface area contributed by atoms with E-state index in [0.717, 1.165) is 0 Å². The third kappa shape index (κ3) is 4.05. The maximum absolute atomic E-state index is 12.1. The fourth-order valence-electron chi connectivity index (χ4n) is 1.86. The smallest absolute Gasteiger partial charge is 0.216 e. The van der Waals surface area contributed by atoms with Crippen LogP contribution in [0, 0.1) is 11.3 Å². The van der Waals surface area contributed by atoms with Crippen LogP contribution in [0.5, 0.6) is 5.75 Å². The minimum atomic E-state index is -3.59. The summed E-state index contributed by atoms with van der Waals surface area (Å²) in [4.78, 5) is 0. The van der Waals surface area contributed by atoms with Gasteiger partial charge in [0, 0.05) is 12.1 Å². The highest BCUT2D eigenvalue weighted by atomic mass is 32.2. The summed E-state index contributed by atoms with van der Waals surface area (Å²) in [5.41, 5.74) is 1.28. The number of benzene rings is 2. The molecule has 0 aliphatic carbocycles. The van der Waals surface area contributed by atoms with E-state index in [1.807, 2.05) is 6.07 Å². The summed E-state index contributed by atoms with van der Waals surface area (Å²) in [5, 5.41) is 18.6. The van der Waals surface area contributed by atoms with Crippen LogP contribution in [0.1, 0.15) is 16.7 Å². The molecule has 0 bridgehead atoms. The second-order valence-electron chi connectivity index (χ2n) is 4.48. The lowest BCUT2D eigenvalue weighted by Gasteiger charge is -2.09. The van der Waals surface area contributed by atoms with E-state index >= 15 is 0 Å². The monoisotopic (exact) mass is 302 g/mol. The highest BCUT2D eigenvalue weighted by molar-refractivity contribution is 7.88. The van der Waals surface area contributed by atoms with Crippen LogP contribution in [-0.4, -0.2) is 13.5 Å².